The van der Waals surface area contributed by atoms with Crippen LogP contribution in [-0.4, -0.2) is 19.9 Å². The van der Waals surface area contributed by atoms with Crippen molar-refractivity contribution in [3.05, 3.63) is 75.6 Å². The second-order valence-corrected chi connectivity index (χ2v) is 8.14. The van der Waals surface area contributed by atoms with Crippen LogP contribution in [0.2, 0.25) is 0 Å². The average Bonchev–Trinajstić information content (AvgIpc) is 3.13. The standard InChI is InChI=1S/C18H13BrFN3O2S/c19-15-4-2-1-3-13(15)18(24)21-17-14-9-26(25)10-16(14)22-23(17)12-7-5-11(20)6-8-12/h1-8H,9-10H2,(H,21,24). The number of anilines is 1. The summed E-state index contributed by atoms with van der Waals surface area (Å²) >= 11 is 3.37. The Hall–Kier alpha value is -2.32. The van der Waals surface area contributed by atoms with Crippen molar-refractivity contribution in [2.24, 2.45) is 0 Å². The van der Waals surface area contributed by atoms with Crippen LogP contribution in [-0.2, 0) is 22.3 Å². The van der Waals surface area contributed by atoms with Crippen molar-refractivity contribution in [1.82, 2.24) is 9.78 Å². The molecule has 0 spiro atoms. The number of halogens is 2. The maximum absolute atomic E-state index is 13.2. The van der Waals surface area contributed by atoms with Crippen LogP contribution < -0.4 is 5.32 Å². The van der Waals surface area contributed by atoms with E-state index in [0.29, 0.717) is 38.7 Å². The zero-order valence-corrected chi connectivity index (χ0v) is 15.8. The summed E-state index contributed by atoms with van der Waals surface area (Å²) in [6, 6.07) is 12.9. The Kier molecular flexibility index (Phi) is 4.46. The van der Waals surface area contributed by atoms with E-state index in [4.69, 9.17) is 0 Å². The molecule has 0 fully saturated rings. The lowest BCUT2D eigenvalue weighted by Gasteiger charge is -2.12. The molecule has 8 heteroatoms. The topological polar surface area (TPSA) is 64.0 Å². The lowest BCUT2D eigenvalue weighted by Crippen LogP contribution is -2.17. The average molecular weight is 434 g/mol. The summed E-state index contributed by atoms with van der Waals surface area (Å²) in [5, 5.41) is 7.37. The van der Waals surface area contributed by atoms with Gasteiger partial charge in [-0.3, -0.25) is 9.00 Å². The fraction of sp³-hybridized carbons (Fsp3) is 0.111. The first-order valence-corrected chi connectivity index (χ1v) is 10.1. The minimum atomic E-state index is -1.03. The molecule has 0 aliphatic carbocycles. The third-order valence-corrected chi connectivity index (χ3v) is 5.99. The second kappa shape index (κ2) is 6.77. The predicted octanol–water partition coefficient (Wildman–Crippen LogP) is 3.79. The van der Waals surface area contributed by atoms with Crippen molar-refractivity contribution in [2.75, 3.05) is 5.32 Å². The number of fused-ring (bicyclic) bond motifs is 1. The molecule has 2 heterocycles. The van der Waals surface area contributed by atoms with Crippen LogP contribution in [0.25, 0.3) is 5.69 Å². The number of amides is 1. The van der Waals surface area contributed by atoms with Crippen molar-refractivity contribution in [2.45, 2.75) is 11.5 Å². The fourth-order valence-corrected chi connectivity index (χ4v) is 4.57. The molecule has 0 saturated heterocycles. The first-order chi connectivity index (χ1) is 12.5. The molecule has 0 saturated carbocycles. The van der Waals surface area contributed by atoms with E-state index in [9.17, 15) is 13.4 Å². The molecular weight excluding hydrogens is 421 g/mol. The van der Waals surface area contributed by atoms with Crippen LogP contribution in [0.3, 0.4) is 0 Å². The maximum atomic E-state index is 13.2. The Bertz CT molecular complexity index is 1030. The zero-order chi connectivity index (χ0) is 18.3. The van der Waals surface area contributed by atoms with Crippen LogP contribution in [0.15, 0.2) is 53.0 Å². The van der Waals surface area contributed by atoms with Gasteiger partial charge in [0.15, 0.2) is 0 Å². The molecule has 26 heavy (non-hydrogen) atoms. The summed E-state index contributed by atoms with van der Waals surface area (Å²) in [7, 11) is -1.03. The van der Waals surface area contributed by atoms with Gasteiger partial charge in [-0.05, 0) is 52.3 Å². The second-order valence-electron chi connectivity index (χ2n) is 5.82. The molecule has 132 valence electrons. The number of rotatable bonds is 3. The van der Waals surface area contributed by atoms with Crippen molar-refractivity contribution in [3.63, 3.8) is 0 Å². The van der Waals surface area contributed by atoms with Gasteiger partial charge in [-0.1, -0.05) is 12.1 Å². The normalized spacial score (nSPS) is 15.7. The summed E-state index contributed by atoms with van der Waals surface area (Å²) in [6.45, 7) is 0. The van der Waals surface area contributed by atoms with Gasteiger partial charge < -0.3 is 5.32 Å². The van der Waals surface area contributed by atoms with Gasteiger partial charge in [0, 0.05) is 20.8 Å². The van der Waals surface area contributed by atoms with Crippen molar-refractivity contribution < 1.29 is 13.4 Å². The zero-order valence-electron chi connectivity index (χ0n) is 13.4. The summed E-state index contributed by atoms with van der Waals surface area (Å²) in [5.41, 5.74) is 2.55. The SMILES string of the molecule is O=C(Nc1c2c(nn1-c1ccc(F)cc1)CS(=O)C2)c1ccccc1Br. The Morgan fingerprint density at radius 2 is 1.88 bits per heavy atom. The molecule has 2 aromatic carbocycles. The van der Waals surface area contributed by atoms with E-state index in [2.05, 4.69) is 26.3 Å². The number of benzene rings is 2. The van der Waals surface area contributed by atoms with E-state index in [1.807, 2.05) is 6.07 Å². The highest BCUT2D eigenvalue weighted by Gasteiger charge is 2.28. The van der Waals surface area contributed by atoms with Crippen LogP contribution >= 0.6 is 15.9 Å². The number of carbonyl (C=O) groups excluding carboxylic acids is 1. The third-order valence-electron chi connectivity index (χ3n) is 4.09. The lowest BCUT2D eigenvalue weighted by molar-refractivity contribution is 0.102. The van der Waals surface area contributed by atoms with E-state index < -0.39 is 10.8 Å². The summed E-state index contributed by atoms with van der Waals surface area (Å²) in [5.74, 6) is 0.497. The lowest BCUT2D eigenvalue weighted by atomic mass is 10.2. The molecule has 1 amide bonds. The predicted molar refractivity (Wildman–Crippen MR) is 101 cm³/mol. The van der Waals surface area contributed by atoms with Crippen LogP contribution in [0.1, 0.15) is 21.6 Å². The van der Waals surface area contributed by atoms with E-state index in [-0.39, 0.29) is 11.7 Å². The van der Waals surface area contributed by atoms with Gasteiger partial charge in [0.05, 0.1) is 28.5 Å². The molecule has 1 aliphatic heterocycles. The highest BCUT2D eigenvalue weighted by Crippen LogP contribution is 2.32. The van der Waals surface area contributed by atoms with Gasteiger partial charge >= 0.3 is 0 Å². The largest absolute Gasteiger partial charge is 0.306 e. The number of hydrogen-bond donors (Lipinski definition) is 1. The van der Waals surface area contributed by atoms with E-state index in [1.54, 1.807) is 35.0 Å². The maximum Gasteiger partial charge on any atom is 0.257 e. The van der Waals surface area contributed by atoms with Crippen molar-refractivity contribution >= 4 is 38.5 Å². The number of nitrogens with zero attached hydrogens (tertiary/aromatic N) is 2. The summed E-state index contributed by atoms with van der Waals surface area (Å²) in [4.78, 5) is 12.7. The molecule has 0 bridgehead atoms. The van der Waals surface area contributed by atoms with E-state index >= 15 is 0 Å². The Morgan fingerprint density at radius 3 is 2.62 bits per heavy atom. The Morgan fingerprint density at radius 1 is 1.15 bits per heavy atom. The number of nitrogens with one attached hydrogen (secondary N) is 1. The van der Waals surface area contributed by atoms with Gasteiger partial charge in [-0.15, -0.1) is 0 Å². The van der Waals surface area contributed by atoms with Crippen molar-refractivity contribution in [3.8, 4) is 5.69 Å². The molecular formula is C18H13BrFN3O2S. The summed E-state index contributed by atoms with van der Waals surface area (Å²) in [6.07, 6.45) is 0. The quantitative estimate of drug-likeness (QED) is 0.683. The fourth-order valence-electron chi connectivity index (χ4n) is 2.85. The highest BCUT2D eigenvalue weighted by molar-refractivity contribution is 9.10. The molecule has 3 aromatic rings. The van der Waals surface area contributed by atoms with Crippen LogP contribution in [0.4, 0.5) is 10.2 Å². The first-order valence-electron chi connectivity index (χ1n) is 7.80. The Labute approximate surface area is 159 Å². The summed E-state index contributed by atoms with van der Waals surface area (Å²) < 4.78 is 27.4. The molecule has 1 N–H and O–H groups in total. The smallest absolute Gasteiger partial charge is 0.257 e. The molecule has 1 aromatic heterocycles. The molecule has 1 atom stereocenters. The van der Waals surface area contributed by atoms with Gasteiger partial charge in [0.2, 0.25) is 0 Å². The van der Waals surface area contributed by atoms with E-state index in [1.165, 1.54) is 12.1 Å². The minimum Gasteiger partial charge on any atom is -0.306 e. The number of carbonyl (C=O) groups is 1. The monoisotopic (exact) mass is 433 g/mol. The minimum absolute atomic E-state index is 0.304. The molecule has 5 nitrogen and oxygen atoms in total. The Balaban J connectivity index is 1.77. The number of aromatic nitrogens is 2. The molecule has 4 rings (SSSR count). The van der Waals surface area contributed by atoms with Crippen LogP contribution in [0.5, 0.6) is 0 Å². The molecule has 0 radical (unpaired) electrons. The molecule has 1 unspecified atom stereocenters. The first kappa shape index (κ1) is 17.1. The van der Waals surface area contributed by atoms with Gasteiger partial charge in [0.1, 0.15) is 11.6 Å². The molecule has 1 aliphatic rings. The highest BCUT2D eigenvalue weighted by atomic mass is 79.9. The van der Waals surface area contributed by atoms with Gasteiger partial charge in [-0.2, -0.15) is 5.10 Å². The third kappa shape index (κ3) is 3.10. The van der Waals surface area contributed by atoms with Gasteiger partial charge in [0.25, 0.3) is 5.91 Å². The van der Waals surface area contributed by atoms with Gasteiger partial charge in [-0.25, -0.2) is 9.07 Å². The van der Waals surface area contributed by atoms with Crippen LogP contribution in [0, 0.1) is 5.82 Å². The number of hydrogen-bond acceptors (Lipinski definition) is 3. The van der Waals surface area contributed by atoms with E-state index in [0.717, 1.165) is 5.56 Å². The van der Waals surface area contributed by atoms with Crippen molar-refractivity contribution in [1.29, 1.82) is 0 Å².